The third kappa shape index (κ3) is 6.18. The molecule has 1 fully saturated rings. The number of nitrogens with zero attached hydrogens (tertiary/aromatic N) is 4. The molecule has 0 radical (unpaired) electrons. The summed E-state index contributed by atoms with van der Waals surface area (Å²) in [5.41, 5.74) is 4.59. The number of rotatable bonds is 11. The molecule has 16 heteroatoms. The van der Waals surface area contributed by atoms with Crippen molar-refractivity contribution in [2.75, 3.05) is 24.7 Å². The van der Waals surface area contributed by atoms with Gasteiger partial charge in [-0.25, -0.2) is 13.9 Å². The van der Waals surface area contributed by atoms with Crippen molar-refractivity contribution in [3.05, 3.63) is 36.7 Å². The van der Waals surface area contributed by atoms with Crippen LogP contribution in [0.1, 0.15) is 33.9 Å². The van der Waals surface area contributed by atoms with E-state index in [0.29, 0.717) is 11.3 Å². The molecule has 40 heavy (non-hydrogen) atoms. The van der Waals surface area contributed by atoms with Crippen molar-refractivity contribution in [3.63, 3.8) is 0 Å². The Balaban J connectivity index is 1.57. The molecule has 218 valence electrons. The van der Waals surface area contributed by atoms with Gasteiger partial charge in [0.1, 0.15) is 23.5 Å². The molecule has 4 rings (SSSR count). The van der Waals surface area contributed by atoms with Crippen LogP contribution in [0, 0.1) is 0 Å². The maximum absolute atomic E-state index is 15.5. The minimum atomic E-state index is -4.30. The molecular weight excluding hydrogens is 548 g/mol. The molecule has 1 aromatic carbocycles. The van der Waals surface area contributed by atoms with E-state index in [-0.39, 0.29) is 17.3 Å². The second-order valence-corrected chi connectivity index (χ2v) is 11.4. The largest absolute Gasteiger partial charge is 0.462 e. The number of hydrogen-bond acceptors (Lipinski definition) is 12. The molecule has 2 aromatic heterocycles. The zero-order chi connectivity index (χ0) is 29.2. The minimum Gasteiger partial charge on any atom is -0.462 e. The van der Waals surface area contributed by atoms with Crippen LogP contribution in [0.2, 0.25) is 0 Å². The zero-order valence-corrected chi connectivity index (χ0v) is 23.5. The molecule has 0 spiro atoms. The van der Waals surface area contributed by atoms with Gasteiger partial charge in [0.15, 0.2) is 29.4 Å². The Labute approximate surface area is 230 Å². The summed E-state index contributed by atoms with van der Waals surface area (Å²) < 4.78 is 53.0. The number of aliphatic hydroxyl groups is 1. The third-order valence-corrected chi connectivity index (χ3v) is 7.71. The Morgan fingerprint density at radius 3 is 2.65 bits per heavy atom. The summed E-state index contributed by atoms with van der Waals surface area (Å²) in [6.07, 6.45) is -4.16. The first kappa shape index (κ1) is 29.6. The van der Waals surface area contributed by atoms with Gasteiger partial charge in [0, 0.05) is 7.05 Å². The summed E-state index contributed by atoms with van der Waals surface area (Å²) in [6.45, 7) is 5.60. The van der Waals surface area contributed by atoms with E-state index in [9.17, 15) is 14.5 Å². The molecule has 1 aliphatic heterocycles. The van der Waals surface area contributed by atoms with Crippen LogP contribution >= 0.6 is 7.75 Å². The number of esters is 1. The molecule has 5 N–H and O–H groups in total. The lowest BCUT2D eigenvalue weighted by Gasteiger charge is -2.30. The number of nitrogen functional groups attached to an aromatic ring is 1. The van der Waals surface area contributed by atoms with Crippen LogP contribution in [0.4, 0.5) is 16.2 Å². The number of carbonyl (C=O) groups is 1. The van der Waals surface area contributed by atoms with Crippen molar-refractivity contribution in [1.82, 2.24) is 24.6 Å². The SMILES string of the molecule is CNc1nc(N)nc2c1ncn2[C@@H]1O[C@](C)(CO[P@](=O)(N[C@@H](C)C(=O)OC(C)C)Oc2ccccc2)[C@@H](O)[C@H]1F. The van der Waals surface area contributed by atoms with Crippen LogP contribution in [-0.4, -0.2) is 74.3 Å². The highest BCUT2D eigenvalue weighted by Crippen LogP contribution is 2.48. The summed E-state index contributed by atoms with van der Waals surface area (Å²) >= 11 is 0. The number of hydrogen-bond donors (Lipinski definition) is 4. The van der Waals surface area contributed by atoms with Crippen molar-refractivity contribution >= 4 is 36.6 Å². The number of ether oxygens (including phenoxy) is 2. The van der Waals surface area contributed by atoms with Gasteiger partial charge in [0.05, 0.1) is 19.0 Å². The van der Waals surface area contributed by atoms with E-state index in [4.69, 9.17) is 24.3 Å². The molecule has 0 aliphatic carbocycles. The number of benzene rings is 1. The fraction of sp³-hybridized carbons (Fsp3) is 0.500. The van der Waals surface area contributed by atoms with Gasteiger partial charge in [-0.15, -0.1) is 0 Å². The first-order valence-corrected chi connectivity index (χ1v) is 14.1. The van der Waals surface area contributed by atoms with E-state index < -0.39 is 56.6 Å². The Kier molecular flexibility index (Phi) is 8.61. The van der Waals surface area contributed by atoms with Crippen LogP contribution in [0.25, 0.3) is 11.2 Å². The molecule has 1 aliphatic rings. The minimum absolute atomic E-state index is 0.0752. The molecule has 14 nitrogen and oxygen atoms in total. The van der Waals surface area contributed by atoms with Crippen molar-refractivity contribution in [2.24, 2.45) is 0 Å². The summed E-state index contributed by atoms with van der Waals surface area (Å²) in [5, 5.41) is 16.3. The molecular formula is C24H33FN7O7P. The summed E-state index contributed by atoms with van der Waals surface area (Å²) in [5.74, 6) is -0.244. The molecule has 0 amide bonds. The first-order chi connectivity index (χ1) is 18.9. The highest BCUT2D eigenvalue weighted by atomic mass is 31.2. The Hall–Kier alpha value is -3.36. The molecule has 0 unspecified atom stereocenters. The van der Waals surface area contributed by atoms with Gasteiger partial charge >= 0.3 is 13.7 Å². The smallest absolute Gasteiger partial charge is 0.459 e. The van der Waals surface area contributed by atoms with E-state index in [1.54, 1.807) is 51.2 Å². The van der Waals surface area contributed by atoms with E-state index in [1.807, 2.05) is 0 Å². The summed E-state index contributed by atoms with van der Waals surface area (Å²) in [4.78, 5) is 24.8. The number of para-hydroxylation sites is 1. The number of fused-ring (bicyclic) bond motifs is 1. The topological polar surface area (TPSA) is 185 Å². The number of aromatic nitrogens is 4. The van der Waals surface area contributed by atoms with E-state index >= 15 is 4.39 Å². The summed E-state index contributed by atoms with van der Waals surface area (Å²) in [7, 11) is -2.68. The number of alkyl halides is 1. The first-order valence-electron chi connectivity index (χ1n) is 12.5. The van der Waals surface area contributed by atoms with Gasteiger partial charge in [0.2, 0.25) is 5.95 Å². The lowest BCUT2D eigenvalue weighted by atomic mass is 9.99. The normalized spacial score (nSPS) is 25.1. The van der Waals surface area contributed by atoms with Gasteiger partial charge in [-0.05, 0) is 39.8 Å². The maximum atomic E-state index is 15.5. The maximum Gasteiger partial charge on any atom is 0.459 e. The lowest BCUT2D eigenvalue weighted by Crippen LogP contribution is -2.44. The number of nitrogens with one attached hydrogen (secondary N) is 2. The third-order valence-electron chi connectivity index (χ3n) is 6.09. The van der Waals surface area contributed by atoms with Gasteiger partial charge < -0.3 is 30.2 Å². The van der Waals surface area contributed by atoms with Crippen molar-refractivity contribution in [3.8, 4) is 5.75 Å². The van der Waals surface area contributed by atoms with Crippen molar-refractivity contribution < 1.29 is 37.4 Å². The number of carbonyl (C=O) groups excluding carboxylic acids is 1. The second-order valence-electron chi connectivity index (χ2n) is 9.73. The quantitative estimate of drug-likeness (QED) is 0.191. The Morgan fingerprint density at radius 2 is 2.00 bits per heavy atom. The number of halogens is 1. The van der Waals surface area contributed by atoms with Crippen LogP contribution in [-0.2, 0) is 23.4 Å². The highest BCUT2D eigenvalue weighted by molar-refractivity contribution is 7.52. The molecule has 3 heterocycles. The Morgan fingerprint density at radius 1 is 1.30 bits per heavy atom. The number of imidazole rings is 1. The van der Waals surface area contributed by atoms with Crippen LogP contribution in [0.5, 0.6) is 5.75 Å². The summed E-state index contributed by atoms with van der Waals surface area (Å²) in [6, 6.07) is 7.04. The van der Waals surface area contributed by atoms with Crippen molar-refractivity contribution in [2.45, 2.75) is 63.9 Å². The Bertz CT molecular complexity index is 1390. The molecule has 0 bridgehead atoms. The average Bonchev–Trinajstić information content (AvgIpc) is 3.41. The van der Waals surface area contributed by atoms with Gasteiger partial charge in [0.25, 0.3) is 0 Å². The molecule has 6 atom stereocenters. The van der Waals surface area contributed by atoms with Gasteiger partial charge in [-0.3, -0.25) is 13.9 Å². The van der Waals surface area contributed by atoms with E-state index in [0.717, 1.165) is 0 Å². The zero-order valence-electron chi connectivity index (χ0n) is 22.6. The fourth-order valence-corrected chi connectivity index (χ4v) is 5.66. The number of anilines is 2. The van der Waals surface area contributed by atoms with Crippen LogP contribution < -0.4 is 20.7 Å². The standard InChI is InChI=1S/C24H33FN7O7P/c1-13(2)37-22(34)14(3)31-40(35,39-15-9-7-6-8-10-15)36-11-24(4)18(33)16(25)21(38-24)32-12-28-17-19(27-5)29-23(26)30-20(17)32/h6-10,12-14,16,18,21,33H,11H2,1-5H3,(H,31,35)(H3,26,27,29,30)/t14-,16+,18-,21+,24+,40+/m0/s1. The molecule has 0 saturated carbocycles. The predicted octanol–water partition coefficient (Wildman–Crippen LogP) is 2.57. The van der Waals surface area contributed by atoms with Crippen LogP contribution in [0.15, 0.2) is 36.7 Å². The average molecular weight is 582 g/mol. The van der Waals surface area contributed by atoms with Crippen LogP contribution in [0.3, 0.4) is 0 Å². The fourth-order valence-electron chi connectivity index (χ4n) is 4.07. The number of nitrogens with two attached hydrogens (primary N) is 1. The van der Waals surface area contributed by atoms with E-state index in [2.05, 4.69) is 25.4 Å². The predicted molar refractivity (Wildman–Crippen MR) is 143 cm³/mol. The van der Waals surface area contributed by atoms with Gasteiger partial charge in [-0.2, -0.15) is 15.1 Å². The molecule has 3 aromatic rings. The second kappa shape index (κ2) is 11.6. The highest BCUT2D eigenvalue weighted by Gasteiger charge is 2.55. The monoisotopic (exact) mass is 581 g/mol. The lowest BCUT2D eigenvalue weighted by molar-refractivity contribution is -0.149. The van der Waals surface area contributed by atoms with E-state index in [1.165, 1.54) is 24.7 Å². The van der Waals surface area contributed by atoms with Crippen molar-refractivity contribution in [1.29, 1.82) is 0 Å². The number of aliphatic hydroxyl groups excluding tert-OH is 1. The van der Waals surface area contributed by atoms with Gasteiger partial charge in [-0.1, -0.05) is 18.2 Å². The molecule has 1 saturated heterocycles.